The monoisotopic (exact) mass is 263 g/mol. The van der Waals surface area contributed by atoms with Gasteiger partial charge in [-0.05, 0) is 11.7 Å². The molecule has 1 saturated heterocycles. The van der Waals surface area contributed by atoms with Crippen LogP contribution < -0.4 is 0 Å². The second kappa shape index (κ2) is 6.10. The quantitative estimate of drug-likeness (QED) is 0.569. The summed E-state index contributed by atoms with van der Waals surface area (Å²) in [4.78, 5) is 2.52. The number of nitrogens with zero attached hydrogens (tertiary/aromatic N) is 1. The molecule has 1 fully saturated rings. The zero-order chi connectivity index (χ0) is 9.68. The van der Waals surface area contributed by atoms with Crippen molar-refractivity contribution in [1.29, 1.82) is 0 Å². The molecule has 0 aromatic heterocycles. The minimum Gasteiger partial charge on any atom is -0.298 e. The summed E-state index contributed by atoms with van der Waals surface area (Å²) in [5.74, 6) is 3.42. The van der Waals surface area contributed by atoms with Crippen LogP contribution in [0.25, 0.3) is 0 Å². The van der Waals surface area contributed by atoms with Crippen molar-refractivity contribution >= 4 is 27.7 Å². The molecule has 0 amide bonds. The third-order valence-corrected chi connectivity index (χ3v) is 4.23. The largest absolute Gasteiger partial charge is 0.298 e. The van der Waals surface area contributed by atoms with Crippen LogP contribution >= 0.6 is 27.7 Å². The molecule has 13 heavy (non-hydrogen) atoms. The number of alkyl halides is 1. The average molecular weight is 264 g/mol. The van der Waals surface area contributed by atoms with Gasteiger partial charge in [0.15, 0.2) is 0 Å². The van der Waals surface area contributed by atoms with Gasteiger partial charge in [0.05, 0.1) is 0 Å². The molecule has 0 aliphatic carbocycles. The molecule has 1 aliphatic rings. The lowest BCUT2D eigenvalue weighted by Crippen LogP contribution is -2.31. The Bertz CT molecular complexity index is 172. The number of rotatable bonds is 3. The van der Waals surface area contributed by atoms with Gasteiger partial charge in [0, 0.05) is 30.7 Å². The van der Waals surface area contributed by atoms with Crippen molar-refractivity contribution < 1.29 is 0 Å². The zero-order valence-corrected chi connectivity index (χ0v) is 10.7. The first-order valence-electron chi connectivity index (χ1n) is 4.75. The van der Waals surface area contributed by atoms with E-state index in [1.807, 2.05) is 0 Å². The van der Waals surface area contributed by atoms with E-state index in [2.05, 4.69) is 46.1 Å². The van der Waals surface area contributed by atoms with E-state index in [1.165, 1.54) is 30.2 Å². The molecule has 0 aromatic rings. The van der Waals surface area contributed by atoms with E-state index < -0.39 is 0 Å². The molecule has 1 atom stereocenters. The summed E-state index contributed by atoms with van der Waals surface area (Å²) in [5.41, 5.74) is 1.29. The number of hydrogen-bond donors (Lipinski definition) is 0. The van der Waals surface area contributed by atoms with Crippen LogP contribution in [0.4, 0.5) is 0 Å². The highest BCUT2D eigenvalue weighted by Crippen LogP contribution is 2.16. The van der Waals surface area contributed by atoms with E-state index in [1.54, 1.807) is 0 Å². The fourth-order valence-electron chi connectivity index (χ4n) is 1.57. The highest BCUT2D eigenvalue weighted by Gasteiger charge is 2.14. The Morgan fingerprint density at radius 1 is 1.69 bits per heavy atom. The lowest BCUT2D eigenvalue weighted by atomic mass is 10.2. The van der Waals surface area contributed by atoms with Crippen LogP contribution in [-0.4, -0.2) is 41.4 Å². The Labute approximate surface area is 94.1 Å². The molecule has 76 valence electrons. The molecular formula is C10H18BrNS. The first kappa shape index (κ1) is 11.6. The van der Waals surface area contributed by atoms with Crippen LogP contribution in [0, 0.1) is 5.92 Å². The second-order valence-electron chi connectivity index (χ2n) is 3.80. The minimum absolute atomic E-state index is 0.829. The van der Waals surface area contributed by atoms with Gasteiger partial charge in [-0.3, -0.25) is 4.90 Å². The van der Waals surface area contributed by atoms with E-state index in [4.69, 9.17) is 0 Å². The Hall–Kier alpha value is 0.530. The average Bonchev–Trinajstić information content (AvgIpc) is 2.30. The first-order chi connectivity index (χ1) is 6.22. The molecule has 0 bridgehead atoms. The maximum Gasteiger partial charge on any atom is 0.0251 e. The van der Waals surface area contributed by atoms with E-state index in [9.17, 15) is 0 Å². The summed E-state index contributed by atoms with van der Waals surface area (Å²) in [7, 11) is 0. The van der Waals surface area contributed by atoms with E-state index in [-0.39, 0.29) is 0 Å². The minimum atomic E-state index is 0.829. The third kappa shape index (κ3) is 4.52. The van der Waals surface area contributed by atoms with Crippen molar-refractivity contribution in [3.63, 3.8) is 0 Å². The fourth-order valence-corrected chi connectivity index (χ4v) is 2.80. The Kier molecular flexibility index (Phi) is 5.44. The van der Waals surface area contributed by atoms with Crippen molar-refractivity contribution in [2.24, 2.45) is 5.92 Å². The van der Waals surface area contributed by atoms with Crippen molar-refractivity contribution in [3.8, 4) is 0 Å². The standard InChI is InChI=1S/C10H18BrNS/c1-9(5-11)6-12-3-4-13-8-10(2)7-12/h10H,1,3-8H2,2H3. The molecule has 1 aliphatic heterocycles. The summed E-state index contributed by atoms with van der Waals surface area (Å²) >= 11 is 5.52. The van der Waals surface area contributed by atoms with Crippen molar-refractivity contribution in [2.75, 3.05) is 36.5 Å². The molecule has 0 spiro atoms. The topological polar surface area (TPSA) is 3.24 Å². The molecule has 1 heterocycles. The molecule has 0 radical (unpaired) electrons. The van der Waals surface area contributed by atoms with Gasteiger partial charge >= 0.3 is 0 Å². The number of halogens is 1. The molecule has 1 unspecified atom stereocenters. The molecule has 0 N–H and O–H groups in total. The Morgan fingerprint density at radius 2 is 2.46 bits per heavy atom. The summed E-state index contributed by atoms with van der Waals surface area (Å²) in [6.07, 6.45) is 0. The van der Waals surface area contributed by atoms with E-state index in [0.717, 1.165) is 17.8 Å². The molecule has 1 rings (SSSR count). The summed E-state index contributed by atoms with van der Waals surface area (Å²) in [5, 5.41) is 0.936. The van der Waals surface area contributed by atoms with Gasteiger partial charge in [0.25, 0.3) is 0 Å². The summed E-state index contributed by atoms with van der Waals surface area (Å²) in [6.45, 7) is 9.89. The van der Waals surface area contributed by atoms with Gasteiger partial charge in [0.1, 0.15) is 0 Å². The van der Waals surface area contributed by atoms with Crippen LogP contribution in [0.5, 0.6) is 0 Å². The van der Waals surface area contributed by atoms with Gasteiger partial charge in [-0.25, -0.2) is 0 Å². The van der Waals surface area contributed by atoms with Crippen LogP contribution in [0.2, 0.25) is 0 Å². The Balaban J connectivity index is 2.34. The molecule has 0 aromatic carbocycles. The number of hydrogen-bond acceptors (Lipinski definition) is 2. The first-order valence-corrected chi connectivity index (χ1v) is 7.02. The predicted molar refractivity (Wildman–Crippen MR) is 65.9 cm³/mol. The maximum atomic E-state index is 4.03. The summed E-state index contributed by atoms with van der Waals surface area (Å²) < 4.78 is 0. The SMILES string of the molecule is C=C(CBr)CN1CCSCC(C)C1. The second-order valence-corrected chi connectivity index (χ2v) is 5.51. The highest BCUT2D eigenvalue weighted by molar-refractivity contribution is 9.09. The van der Waals surface area contributed by atoms with Crippen molar-refractivity contribution in [2.45, 2.75) is 6.92 Å². The van der Waals surface area contributed by atoms with Gasteiger partial charge in [-0.2, -0.15) is 11.8 Å². The van der Waals surface area contributed by atoms with Gasteiger partial charge < -0.3 is 0 Å². The normalized spacial score (nSPS) is 25.5. The van der Waals surface area contributed by atoms with Crippen LogP contribution in [0.1, 0.15) is 6.92 Å². The fraction of sp³-hybridized carbons (Fsp3) is 0.800. The zero-order valence-electron chi connectivity index (χ0n) is 8.26. The molecule has 3 heteroatoms. The smallest absolute Gasteiger partial charge is 0.0251 e. The van der Waals surface area contributed by atoms with E-state index in [0.29, 0.717) is 0 Å². The molecular weight excluding hydrogens is 246 g/mol. The van der Waals surface area contributed by atoms with Gasteiger partial charge in [-0.1, -0.05) is 35.0 Å². The Morgan fingerprint density at radius 3 is 3.15 bits per heavy atom. The van der Waals surface area contributed by atoms with Crippen molar-refractivity contribution in [1.82, 2.24) is 4.90 Å². The number of thioether (sulfide) groups is 1. The molecule has 0 saturated carbocycles. The van der Waals surface area contributed by atoms with Crippen LogP contribution in [0.15, 0.2) is 12.2 Å². The van der Waals surface area contributed by atoms with Gasteiger partial charge in [0.2, 0.25) is 0 Å². The third-order valence-electron chi connectivity index (χ3n) is 2.16. The van der Waals surface area contributed by atoms with E-state index >= 15 is 0 Å². The highest BCUT2D eigenvalue weighted by atomic mass is 79.9. The van der Waals surface area contributed by atoms with Crippen molar-refractivity contribution in [3.05, 3.63) is 12.2 Å². The maximum absolute atomic E-state index is 4.03. The molecule has 1 nitrogen and oxygen atoms in total. The van der Waals surface area contributed by atoms with Crippen LogP contribution in [0.3, 0.4) is 0 Å². The predicted octanol–water partition coefficient (Wildman–Crippen LogP) is 2.62. The lowest BCUT2D eigenvalue weighted by Gasteiger charge is -2.22. The summed E-state index contributed by atoms with van der Waals surface area (Å²) in [6, 6.07) is 0. The van der Waals surface area contributed by atoms with Gasteiger partial charge in [-0.15, -0.1) is 0 Å². The lowest BCUT2D eigenvalue weighted by molar-refractivity contribution is 0.286. The van der Waals surface area contributed by atoms with Crippen LogP contribution in [-0.2, 0) is 0 Å².